The maximum absolute atomic E-state index is 11.2. The van der Waals surface area contributed by atoms with Crippen molar-refractivity contribution in [3.63, 3.8) is 0 Å². The quantitative estimate of drug-likeness (QED) is 0.683. The van der Waals surface area contributed by atoms with E-state index in [1.54, 1.807) is 6.92 Å². The molecule has 2 atom stereocenters. The first-order valence-corrected chi connectivity index (χ1v) is 8.33. The van der Waals surface area contributed by atoms with E-state index in [1.807, 2.05) is 0 Å². The van der Waals surface area contributed by atoms with E-state index in [1.165, 1.54) is 30.2 Å². The maximum Gasteiger partial charge on any atom is 0.304 e. The van der Waals surface area contributed by atoms with Crippen LogP contribution < -0.4 is 4.90 Å². The number of aliphatic hydroxyl groups is 1. The van der Waals surface area contributed by atoms with Gasteiger partial charge in [-0.1, -0.05) is 0 Å². The highest BCUT2D eigenvalue weighted by Gasteiger charge is 2.33. The van der Waals surface area contributed by atoms with Crippen molar-refractivity contribution in [2.24, 2.45) is 0 Å². The van der Waals surface area contributed by atoms with Crippen LogP contribution in [0, 0.1) is 10.1 Å². The second-order valence-corrected chi connectivity index (χ2v) is 6.97. The van der Waals surface area contributed by atoms with Crippen molar-refractivity contribution >= 4 is 22.0 Å². The minimum Gasteiger partial charge on any atom is -0.388 e. The predicted molar refractivity (Wildman–Crippen MR) is 83.0 cm³/mol. The monoisotopic (exact) mass is 311 g/mol. The molecule has 0 aliphatic carbocycles. The van der Waals surface area contributed by atoms with E-state index in [4.69, 9.17) is 0 Å². The summed E-state index contributed by atoms with van der Waals surface area (Å²) in [6.07, 6.45) is 2.95. The number of nitrogens with zero attached hydrogens (tertiary/aromatic N) is 3. The minimum atomic E-state index is -0.653. The molecule has 2 saturated heterocycles. The van der Waals surface area contributed by atoms with E-state index in [2.05, 4.69) is 9.80 Å². The Labute approximate surface area is 128 Å². The second-order valence-electron chi connectivity index (χ2n) is 5.90. The second kappa shape index (κ2) is 5.90. The molecular formula is C14H21N3O3S. The van der Waals surface area contributed by atoms with Gasteiger partial charge in [-0.25, -0.2) is 0 Å². The van der Waals surface area contributed by atoms with Gasteiger partial charge in [0.1, 0.15) is 0 Å². The highest BCUT2D eigenvalue weighted by molar-refractivity contribution is 7.16. The highest BCUT2D eigenvalue weighted by Crippen LogP contribution is 2.41. The smallest absolute Gasteiger partial charge is 0.304 e. The number of anilines is 1. The molecule has 1 aromatic rings. The SMILES string of the molecule is C[C@H](O)c1cc([N+](=O)[O-])c(N2CCC(N3CCCC3)C2)s1. The number of aliphatic hydroxyl groups excluding tert-OH is 1. The molecule has 3 rings (SSSR count). The summed E-state index contributed by atoms with van der Waals surface area (Å²) in [5.74, 6) is 0. The van der Waals surface area contributed by atoms with Gasteiger partial charge in [-0.2, -0.15) is 0 Å². The third-order valence-electron chi connectivity index (χ3n) is 4.43. The van der Waals surface area contributed by atoms with Gasteiger partial charge in [0.2, 0.25) is 0 Å². The molecule has 21 heavy (non-hydrogen) atoms. The lowest BCUT2D eigenvalue weighted by Crippen LogP contribution is -2.35. The van der Waals surface area contributed by atoms with Gasteiger partial charge in [0.15, 0.2) is 5.00 Å². The number of nitro groups is 1. The van der Waals surface area contributed by atoms with Crippen LogP contribution in [-0.4, -0.2) is 47.2 Å². The Bertz CT molecular complexity index is 526. The predicted octanol–water partition coefficient (Wildman–Crippen LogP) is 2.38. The Balaban J connectivity index is 1.78. The van der Waals surface area contributed by atoms with Crippen LogP contribution in [-0.2, 0) is 0 Å². The van der Waals surface area contributed by atoms with Gasteiger partial charge in [0.25, 0.3) is 0 Å². The summed E-state index contributed by atoms with van der Waals surface area (Å²) in [5, 5.41) is 21.6. The summed E-state index contributed by atoms with van der Waals surface area (Å²) >= 11 is 1.35. The van der Waals surface area contributed by atoms with Crippen molar-refractivity contribution < 1.29 is 10.0 Å². The number of hydrogen-bond acceptors (Lipinski definition) is 6. The van der Waals surface area contributed by atoms with E-state index in [0.717, 1.165) is 32.6 Å². The van der Waals surface area contributed by atoms with E-state index < -0.39 is 6.10 Å². The molecule has 2 aliphatic heterocycles. The molecule has 116 valence electrons. The fourth-order valence-corrected chi connectivity index (χ4v) is 4.38. The Morgan fingerprint density at radius 3 is 2.76 bits per heavy atom. The van der Waals surface area contributed by atoms with Gasteiger partial charge >= 0.3 is 5.69 Å². The topological polar surface area (TPSA) is 69.8 Å². The molecule has 7 heteroatoms. The van der Waals surface area contributed by atoms with Gasteiger partial charge in [0.05, 0.1) is 11.0 Å². The van der Waals surface area contributed by atoms with Crippen LogP contribution in [0.25, 0.3) is 0 Å². The van der Waals surface area contributed by atoms with E-state index in [9.17, 15) is 15.2 Å². The first kappa shape index (κ1) is 14.7. The summed E-state index contributed by atoms with van der Waals surface area (Å²) in [6.45, 7) is 5.69. The summed E-state index contributed by atoms with van der Waals surface area (Å²) < 4.78 is 0. The van der Waals surface area contributed by atoms with Crippen LogP contribution in [0.4, 0.5) is 10.7 Å². The summed E-state index contributed by atoms with van der Waals surface area (Å²) in [4.78, 5) is 16.2. The zero-order valence-corrected chi connectivity index (χ0v) is 13.0. The van der Waals surface area contributed by atoms with E-state index in [-0.39, 0.29) is 10.6 Å². The Morgan fingerprint density at radius 1 is 1.43 bits per heavy atom. The fourth-order valence-electron chi connectivity index (χ4n) is 3.28. The molecule has 0 saturated carbocycles. The third-order valence-corrected chi connectivity index (χ3v) is 5.78. The van der Waals surface area contributed by atoms with Crippen LogP contribution in [0.3, 0.4) is 0 Å². The van der Waals surface area contributed by atoms with Crippen LogP contribution in [0.2, 0.25) is 0 Å². The number of likely N-dealkylation sites (tertiary alicyclic amines) is 1. The molecule has 1 aromatic heterocycles. The first-order chi connectivity index (χ1) is 10.1. The molecule has 2 aliphatic rings. The van der Waals surface area contributed by atoms with Gasteiger partial charge in [-0.05, 0) is 39.3 Å². The lowest BCUT2D eigenvalue weighted by molar-refractivity contribution is -0.383. The van der Waals surface area contributed by atoms with Gasteiger partial charge < -0.3 is 10.0 Å². The summed E-state index contributed by atoms with van der Waals surface area (Å²) in [5.41, 5.74) is 0.137. The van der Waals surface area contributed by atoms with E-state index >= 15 is 0 Å². The normalized spacial score (nSPS) is 24.7. The Hall–Kier alpha value is -1.18. The maximum atomic E-state index is 11.2. The molecule has 0 radical (unpaired) electrons. The molecule has 6 nitrogen and oxygen atoms in total. The lowest BCUT2D eigenvalue weighted by atomic mass is 10.2. The number of thiophene rings is 1. The van der Waals surface area contributed by atoms with Gasteiger partial charge in [-0.3, -0.25) is 15.0 Å². The van der Waals surface area contributed by atoms with Gasteiger partial charge in [0, 0.05) is 30.1 Å². The molecule has 3 heterocycles. The van der Waals surface area contributed by atoms with Crippen molar-refractivity contribution in [2.45, 2.75) is 38.3 Å². The summed E-state index contributed by atoms with van der Waals surface area (Å²) in [7, 11) is 0. The van der Waals surface area contributed by atoms with Crippen LogP contribution in [0.15, 0.2) is 6.07 Å². The zero-order chi connectivity index (χ0) is 15.0. The molecule has 0 bridgehead atoms. The third kappa shape index (κ3) is 2.90. The average Bonchev–Trinajstić information content (AvgIpc) is 3.17. The zero-order valence-electron chi connectivity index (χ0n) is 12.2. The molecule has 0 aromatic carbocycles. The first-order valence-electron chi connectivity index (χ1n) is 7.51. The van der Waals surface area contributed by atoms with Crippen molar-refractivity contribution in [3.05, 3.63) is 21.1 Å². The largest absolute Gasteiger partial charge is 0.388 e. The van der Waals surface area contributed by atoms with Crippen molar-refractivity contribution in [1.29, 1.82) is 0 Å². The summed E-state index contributed by atoms with van der Waals surface area (Å²) in [6, 6.07) is 2.04. The van der Waals surface area contributed by atoms with E-state index in [0.29, 0.717) is 15.9 Å². The van der Waals surface area contributed by atoms with Crippen molar-refractivity contribution in [3.8, 4) is 0 Å². The number of hydrogen-bond donors (Lipinski definition) is 1. The van der Waals surface area contributed by atoms with Crippen molar-refractivity contribution in [1.82, 2.24) is 4.90 Å². The molecule has 1 N–H and O–H groups in total. The molecular weight excluding hydrogens is 290 g/mol. The Morgan fingerprint density at radius 2 is 2.14 bits per heavy atom. The van der Waals surface area contributed by atoms with Gasteiger partial charge in [-0.15, -0.1) is 11.3 Å². The van der Waals surface area contributed by atoms with Crippen LogP contribution in [0.1, 0.15) is 37.2 Å². The minimum absolute atomic E-state index is 0.137. The fraction of sp³-hybridized carbons (Fsp3) is 0.714. The number of rotatable bonds is 4. The Kier molecular flexibility index (Phi) is 4.14. The molecule has 1 unspecified atom stereocenters. The average molecular weight is 311 g/mol. The molecule has 0 spiro atoms. The molecule has 0 amide bonds. The van der Waals surface area contributed by atoms with Crippen LogP contribution >= 0.6 is 11.3 Å². The highest BCUT2D eigenvalue weighted by atomic mass is 32.1. The van der Waals surface area contributed by atoms with Crippen LogP contribution in [0.5, 0.6) is 0 Å². The molecule has 2 fully saturated rings. The standard InChI is InChI=1S/C14H21N3O3S/c1-10(18)13-8-12(17(19)20)14(21-13)16-7-4-11(9-16)15-5-2-3-6-15/h8,10-11,18H,2-7,9H2,1H3/t10-,11?/m0/s1. The lowest BCUT2D eigenvalue weighted by Gasteiger charge is -2.23. The van der Waals surface area contributed by atoms with Crippen molar-refractivity contribution in [2.75, 3.05) is 31.1 Å².